The minimum absolute atomic E-state index is 0.0729. The smallest absolute Gasteiger partial charge is 0.271 e. The molecule has 0 atom stereocenters. The molecule has 0 aromatic carbocycles. The molecule has 4 saturated carbocycles. The Hall–Kier alpha value is -2.41. The topological polar surface area (TPSA) is 78.7 Å². The van der Waals surface area contributed by atoms with Gasteiger partial charge in [0, 0.05) is 19.3 Å². The molecule has 34 heavy (non-hydrogen) atoms. The molecule has 4 aliphatic carbocycles. The molecule has 1 saturated heterocycles. The molecule has 5 fully saturated rings. The van der Waals surface area contributed by atoms with E-state index in [1.165, 1.54) is 64.5 Å². The van der Waals surface area contributed by atoms with Crippen LogP contribution in [0.25, 0.3) is 5.65 Å². The number of hydrogen-bond acceptors (Lipinski definition) is 4. The van der Waals surface area contributed by atoms with Crippen LogP contribution in [-0.4, -0.2) is 58.8 Å². The van der Waals surface area contributed by atoms with Crippen LogP contribution < -0.4 is 10.6 Å². The molecule has 0 radical (unpaired) electrons. The zero-order valence-corrected chi connectivity index (χ0v) is 20.1. The van der Waals surface area contributed by atoms with Gasteiger partial charge in [0.15, 0.2) is 0 Å². The average molecular weight is 464 g/mol. The molecule has 7 rings (SSSR count). The normalized spacial score (nSPS) is 30.2. The highest BCUT2D eigenvalue weighted by atomic mass is 16.2. The Labute approximate surface area is 201 Å². The molecule has 4 bridgehead atoms. The lowest BCUT2D eigenvalue weighted by Crippen LogP contribution is -2.51. The molecule has 7 heteroatoms. The Morgan fingerprint density at radius 3 is 2.38 bits per heavy atom. The SMILES string of the molecule is O=C(NCCCN1CCCC1)c1cn2c(C(=O)NCC34CC5CC(CC(C5)C3)C4)cccc2n1. The standard InChI is InChI=1S/C27H37N5O2/c33-25(28-7-4-10-31-8-1-2-9-31)22-17-32-23(5-3-6-24(32)30-22)26(34)29-18-27-14-19-11-20(15-27)13-21(12-19)16-27/h3,5-6,17,19-21H,1-2,4,7-16,18H2,(H,28,33)(H,29,34). The lowest BCUT2D eigenvalue weighted by atomic mass is 9.49. The second-order valence-electron chi connectivity index (χ2n) is 11.5. The van der Waals surface area contributed by atoms with Gasteiger partial charge < -0.3 is 15.5 Å². The molecule has 2 amide bonds. The number of carbonyl (C=O) groups excluding carboxylic acids is 2. The maximum Gasteiger partial charge on any atom is 0.271 e. The molecule has 3 heterocycles. The fourth-order valence-electron chi connectivity index (χ4n) is 7.77. The van der Waals surface area contributed by atoms with Crippen LogP contribution in [0.1, 0.15) is 78.8 Å². The lowest BCUT2D eigenvalue weighted by Gasteiger charge is -2.56. The predicted octanol–water partition coefficient (Wildman–Crippen LogP) is 3.50. The first-order valence-electron chi connectivity index (χ1n) is 13.3. The highest BCUT2D eigenvalue weighted by molar-refractivity contribution is 5.95. The van der Waals surface area contributed by atoms with Crippen LogP contribution in [0.5, 0.6) is 0 Å². The Morgan fingerprint density at radius 1 is 0.971 bits per heavy atom. The van der Waals surface area contributed by atoms with Gasteiger partial charge in [-0.2, -0.15) is 0 Å². The van der Waals surface area contributed by atoms with E-state index >= 15 is 0 Å². The summed E-state index contributed by atoms with van der Waals surface area (Å²) in [6, 6.07) is 5.52. The Morgan fingerprint density at radius 2 is 1.68 bits per heavy atom. The zero-order valence-electron chi connectivity index (χ0n) is 20.1. The molecule has 7 nitrogen and oxygen atoms in total. The summed E-state index contributed by atoms with van der Waals surface area (Å²) in [5, 5.41) is 6.25. The summed E-state index contributed by atoms with van der Waals surface area (Å²) >= 11 is 0. The molecule has 2 N–H and O–H groups in total. The fraction of sp³-hybridized carbons (Fsp3) is 0.667. The fourth-order valence-corrected chi connectivity index (χ4v) is 7.77. The number of imidazole rings is 1. The minimum Gasteiger partial charge on any atom is -0.351 e. The molecular weight excluding hydrogens is 426 g/mol. The molecule has 0 spiro atoms. The monoisotopic (exact) mass is 463 g/mol. The van der Waals surface area contributed by atoms with Crippen molar-refractivity contribution in [2.24, 2.45) is 23.2 Å². The van der Waals surface area contributed by atoms with Gasteiger partial charge in [-0.05, 0) is 113 Å². The van der Waals surface area contributed by atoms with Crippen molar-refractivity contribution in [2.45, 2.75) is 57.8 Å². The molecule has 0 unspecified atom stereocenters. The number of rotatable bonds is 8. The summed E-state index contributed by atoms with van der Waals surface area (Å²) in [6.07, 6.45) is 13.3. The van der Waals surface area contributed by atoms with Crippen molar-refractivity contribution in [3.05, 3.63) is 35.8 Å². The quantitative estimate of drug-likeness (QED) is 0.588. The van der Waals surface area contributed by atoms with Crippen LogP contribution in [0.15, 0.2) is 24.4 Å². The van der Waals surface area contributed by atoms with E-state index in [2.05, 4.69) is 20.5 Å². The third-order valence-electron chi connectivity index (χ3n) is 8.88. The maximum absolute atomic E-state index is 13.2. The van der Waals surface area contributed by atoms with Crippen LogP contribution in [0.4, 0.5) is 0 Å². The van der Waals surface area contributed by atoms with Gasteiger partial charge in [-0.25, -0.2) is 4.98 Å². The third kappa shape index (κ3) is 4.35. The summed E-state index contributed by atoms with van der Waals surface area (Å²) in [6.45, 7) is 4.79. The van der Waals surface area contributed by atoms with E-state index in [4.69, 9.17) is 0 Å². The summed E-state index contributed by atoms with van der Waals surface area (Å²) in [7, 11) is 0. The van der Waals surface area contributed by atoms with E-state index < -0.39 is 0 Å². The van der Waals surface area contributed by atoms with Gasteiger partial charge in [-0.3, -0.25) is 14.0 Å². The van der Waals surface area contributed by atoms with Crippen molar-refractivity contribution >= 4 is 17.5 Å². The number of nitrogens with one attached hydrogen (secondary N) is 2. The van der Waals surface area contributed by atoms with Crippen molar-refractivity contribution in [3.63, 3.8) is 0 Å². The van der Waals surface area contributed by atoms with E-state index in [1.807, 2.05) is 18.2 Å². The van der Waals surface area contributed by atoms with Gasteiger partial charge >= 0.3 is 0 Å². The summed E-state index contributed by atoms with van der Waals surface area (Å²) in [5.74, 6) is 2.37. The van der Waals surface area contributed by atoms with E-state index in [-0.39, 0.29) is 11.8 Å². The summed E-state index contributed by atoms with van der Waals surface area (Å²) in [5.41, 5.74) is 1.84. The van der Waals surface area contributed by atoms with Crippen LogP contribution in [-0.2, 0) is 0 Å². The van der Waals surface area contributed by atoms with Crippen LogP contribution in [0.3, 0.4) is 0 Å². The van der Waals surface area contributed by atoms with Gasteiger partial charge in [0.25, 0.3) is 11.8 Å². The number of amides is 2. The van der Waals surface area contributed by atoms with Gasteiger partial charge in [-0.1, -0.05) is 6.07 Å². The van der Waals surface area contributed by atoms with Crippen LogP contribution in [0, 0.1) is 23.2 Å². The Bertz CT molecular complexity index is 1030. The molecule has 5 aliphatic rings. The van der Waals surface area contributed by atoms with E-state index in [0.717, 1.165) is 37.3 Å². The van der Waals surface area contributed by atoms with E-state index in [1.54, 1.807) is 10.6 Å². The van der Waals surface area contributed by atoms with Crippen molar-refractivity contribution < 1.29 is 9.59 Å². The van der Waals surface area contributed by atoms with Gasteiger partial charge in [0.1, 0.15) is 17.0 Å². The Balaban J connectivity index is 1.08. The Kier molecular flexibility index (Phi) is 5.84. The molecule has 182 valence electrons. The molecule has 2 aromatic rings. The average Bonchev–Trinajstić information content (AvgIpc) is 3.49. The number of hydrogen-bond donors (Lipinski definition) is 2. The summed E-state index contributed by atoms with van der Waals surface area (Å²) in [4.78, 5) is 32.8. The number of aromatic nitrogens is 2. The number of pyridine rings is 1. The highest BCUT2D eigenvalue weighted by Gasteiger charge is 2.50. The van der Waals surface area contributed by atoms with E-state index in [9.17, 15) is 9.59 Å². The first-order valence-corrected chi connectivity index (χ1v) is 13.3. The van der Waals surface area contributed by atoms with Crippen LogP contribution >= 0.6 is 0 Å². The number of nitrogens with zero attached hydrogens (tertiary/aromatic N) is 3. The predicted molar refractivity (Wildman–Crippen MR) is 131 cm³/mol. The van der Waals surface area contributed by atoms with Crippen molar-refractivity contribution in [1.82, 2.24) is 24.9 Å². The van der Waals surface area contributed by atoms with Crippen LogP contribution in [0.2, 0.25) is 0 Å². The first kappa shape index (κ1) is 22.1. The van der Waals surface area contributed by atoms with Crippen molar-refractivity contribution in [2.75, 3.05) is 32.7 Å². The number of likely N-dealkylation sites (tertiary alicyclic amines) is 1. The molecule has 2 aromatic heterocycles. The number of fused-ring (bicyclic) bond motifs is 1. The van der Waals surface area contributed by atoms with Gasteiger partial charge in [0.2, 0.25) is 0 Å². The molecular formula is C27H37N5O2. The van der Waals surface area contributed by atoms with Gasteiger partial charge in [-0.15, -0.1) is 0 Å². The second-order valence-corrected chi connectivity index (χ2v) is 11.5. The molecule has 1 aliphatic heterocycles. The van der Waals surface area contributed by atoms with Crippen molar-refractivity contribution in [3.8, 4) is 0 Å². The minimum atomic E-state index is -0.176. The van der Waals surface area contributed by atoms with Crippen molar-refractivity contribution in [1.29, 1.82) is 0 Å². The zero-order chi connectivity index (χ0) is 23.1. The van der Waals surface area contributed by atoms with Gasteiger partial charge in [0.05, 0.1) is 0 Å². The lowest BCUT2D eigenvalue weighted by molar-refractivity contribution is -0.0503. The van der Waals surface area contributed by atoms with E-state index in [0.29, 0.717) is 29.0 Å². The summed E-state index contributed by atoms with van der Waals surface area (Å²) < 4.78 is 1.76. The largest absolute Gasteiger partial charge is 0.351 e. The maximum atomic E-state index is 13.2. The highest BCUT2D eigenvalue weighted by Crippen LogP contribution is 2.59. The second kappa shape index (κ2) is 8.99. The third-order valence-corrected chi connectivity index (χ3v) is 8.88. The number of carbonyl (C=O) groups is 2. The first-order chi connectivity index (χ1) is 16.6.